The van der Waals surface area contributed by atoms with Crippen molar-refractivity contribution in [1.29, 1.82) is 0 Å². The molecule has 0 bridgehead atoms. The van der Waals surface area contributed by atoms with Gasteiger partial charge in [0.1, 0.15) is 0 Å². The molecule has 0 aliphatic carbocycles. The maximum absolute atomic E-state index is 11.9. The molecule has 1 aromatic rings. The van der Waals surface area contributed by atoms with Gasteiger partial charge in [-0.05, 0) is 36.7 Å². The lowest BCUT2D eigenvalue weighted by Crippen LogP contribution is -2.38. The Morgan fingerprint density at radius 2 is 2.08 bits per heavy atom. The number of morpholine rings is 1. The molecule has 1 heterocycles. The second-order valence-electron chi connectivity index (χ2n) is 5.67. The number of carbonyl (C=O) groups is 1. The van der Waals surface area contributed by atoms with Crippen LogP contribution in [-0.2, 0) is 9.53 Å². The van der Waals surface area contributed by atoms with Crippen molar-refractivity contribution in [2.45, 2.75) is 6.42 Å². The first-order valence-corrected chi connectivity index (χ1v) is 8.69. The molecule has 1 aliphatic heterocycles. The molecule has 0 radical (unpaired) electrons. The smallest absolute Gasteiger partial charge is 0.243 e. The first-order chi connectivity index (χ1) is 12.1. The topological polar surface area (TPSA) is 60.0 Å². The Kier molecular flexibility index (Phi) is 8.04. The lowest BCUT2D eigenvalue weighted by molar-refractivity contribution is -0.116. The maximum Gasteiger partial charge on any atom is 0.243 e. The molecule has 0 atom stereocenters. The van der Waals surface area contributed by atoms with Gasteiger partial charge in [-0.1, -0.05) is 11.6 Å². The highest BCUT2D eigenvalue weighted by atomic mass is 35.5. The van der Waals surface area contributed by atoms with Crippen LogP contribution in [0, 0.1) is 0 Å². The van der Waals surface area contributed by atoms with Crippen LogP contribution in [0.3, 0.4) is 0 Å². The summed E-state index contributed by atoms with van der Waals surface area (Å²) in [5.74, 6) is 0.877. The molecule has 0 spiro atoms. The van der Waals surface area contributed by atoms with Crippen LogP contribution in [0.2, 0.25) is 5.02 Å². The largest absolute Gasteiger partial charge is 0.493 e. The Morgan fingerprint density at radius 1 is 1.32 bits per heavy atom. The summed E-state index contributed by atoms with van der Waals surface area (Å²) in [7, 11) is 3.08. The molecule has 138 valence electrons. The molecule has 0 saturated carbocycles. The molecule has 2 rings (SSSR count). The highest BCUT2D eigenvalue weighted by Gasteiger charge is 2.10. The Labute approximate surface area is 153 Å². The van der Waals surface area contributed by atoms with E-state index in [-0.39, 0.29) is 5.91 Å². The summed E-state index contributed by atoms with van der Waals surface area (Å²) < 4.78 is 15.7. The van der Waals surface area contributed by atoms with Crippen LogP contribution < -0.4 is 14.8 Å². The summed E-state index contributed by atoms with van der Waals surface area (Å²) in [5, 5.41) is 3.32. The standard InChI is InChI=1S/C18H25ClN2O4/c1-23-16-13-14(12-15(19)18(16)24-2)4-5-17(22)20-6-3-7-21-8-10-25-11-9-21/h4-5,12-13H,3,6-11H2,1-2H3,(H,20,22)/b5-4+. The van der Waals surface area contributed by atoms with Crippen LogP contribution in [0.25, 0.3) is 6.08 Å². The van der Waals surface area contributed by atoms with Crippen LogP contribution >= 0.6 is 11.6 Å². The van der Waals surface area contributed by atoms with Gasteiger partial charge in [-0.3, -0.25) is 9.69 Å². The third-order valence-electron chi connectivity index (χ3n) is 3.94. The number of hydrogen-bond donors (Lipinski definition) is 1. The summed E-state index contributed by atoms with van der Waals surface area (Å²) in [6, 6.07) is 3.50. The lowest BCUT2D eigenvalue weighted by atomic mass is 10.2. The highest BCUT2D eigenvalue weighted by molar-refractivity contribution is 6.32. The van der Waals surface area contributed by atoms with E-state index in [0.29, 0.717) is 23.1 Å². The predicted octanol–water partition coefficient (Wildman–Crippen LogP) is 2.21. The Morgan fingerprint density at radius 3 is 2.76 bits per heavy atom. The van der Waals surface area contributed by atoms with E-state index >= 15 is 0 Å². The molecule has 1 N–H and O–H groups in total. The number of amides is 1. The minimum absolute atomic E-state index is 0.132. The number of hydrogen-bond acceptors (Lipinski definition) is 5. The van der Waals surface area contributed by atoms with Gasteiger partial charge in [-0.15, -0.1) is 0 Å². The Bertz CT molecular complexity index is 601. The number of nitrogens with zero attached hydrogens (tertiary/aromatic N) is 1. The van der Waals surface area contributed by atoms with Crippen molar-refractivity contribution in [3.05, 3.63) is 28.8 Å². The van der Waals surface area contributed by atoms with Gasteiger partial charge in [0.15, 0.2) is 11.5 Å². The van der Waals surface area contributed by atoms with E-state index in [1.165, 1.54) is 13.2 Å². The average molecular weight is 369 g/mol. The summed E-state index contributed by atoms with van der Waals surface area (Å²) in [6.07, 6.45) is 4.11. The normalized spacial score (nSPS) is 15.3. The molecule has 6 nitrogen and oxygen atoms in total. The third-order valence-corrected chi connectivity index (χ3v) is 4.22. The fraction of sp³-hybridized carbons (Fsp3) is 0.500. The first kappa shape index (κ1) is 19.6. The summed E-state index contributed by atoms with van der Waals surface area (Å²) in [4.78, 5) is 14.3. The summed E-state index contributed by atoms with van der Waals surface area (Å²) in [5.41, 5.74) is 0.770. The number of benzene rings is 1. The Hall–Kier alpha value is -1.76. The van der Waals surface area contributed by atoms with Gasteiger partial charge in [-0.2, -0.15) is 0 Å². The maximum atomic E-state index is 11.9. The molecule has 0 unspecified atom stereocenters. The zero-order valence-corrected chi connectivity index (χ0v) is 15.5. The van der Waals surface area contributed by atoms with Crippen LogP contribution in [0.5, 0.6) is 11.5 Å². The molecular weight excluding hydrogens is 344 g/mol. The van der Waals surface area contributed by atoms with Gasteiger partial charge in [0, 0.05) is 25.7 Å². The number of halogens is 1. The number of methoxy groups -OCH3 is 2. The second kappa shape index (κ2) is 10.3. The van der Waals surface area contributed by atoms with E-state index in [0.717, 1.165) is 44.8 Å². The second-order valence-corrected chi connectivity index (χ2v) is 6.08. The summed E-state index contributed by atoms with van der Waals surface area (Å²) >= 11 is 6.15. The fourth-order valence-electron chi connectivity index (χ4n) is 2.60. The summed E-state index contributed by atoms with van der Waals surface area (Å²) in [6.45, 7) is 5.14. The van der Waals surface area contributed by atoms with E-state index in [1.807, 2.05) is 0 Å². The molecule has 7 heteroatoms. The van der Waals surface area contributed by atoms with E-state index in [2.05, 4.69) is 10.2 Å². The van der Waals surface area contributed by atoms with E-state index in [4.69, 9.17) is 25.8 Å². The van der Waals surface area contributed by atoms with Crippen molar-refractivity contribution in [2.75, 3.05) is 53.6 Å². The van der Waals surface area contributed by atoms with Crippen molar-refractivity contribution in [3.63, 3.8) is 0 Å². The number of nitrogens with one attached hydrogen (secondary N) is 1. The molecule has 0 aromatic heterocycles. The van der Waals surface area contributed by atoms with E-state index in [9.17, 15) is 4.79 Å². The molecule has 1 saturated heterocycles. The van der Waals surface area contributed by atoms with E-state index in [1.54, 1.807) is 25.3 Å². The van der Waals surface area contributed by atoms with Crippen molar-refractivity contribution >= 4 is 23.6 Å². The van der Waals surface area contributed by atoms with Gasteiger partial charge >= 0.3 is 0 Å². The Balaban J connectivity index is 1.78. The van der Waals surface area contributed by atoms with Crippen molar-refractivity contribution in [1.82, 2.24) is 10.2 Å². The zero-order chi connectivity index (χ0) is 18.1. The van der Waals surface area contributed by atoms with Gasteiger partial charge in [0.05, 0.1) is 32.5 Å². The van der Waals surface area contributed by atoms with Crippen LogP contribution in [0.15, 0.2) is 18.2 Å². The lowest BCUT2D eigenvalue weighted by Gasteiger charge is -2.26. The number of ether oxygens (including phenoxy) is 3. The fourth-order valence-corrected chi connectivity index (χ4v) is 2.90. The number of carbonyl (C=O) groups excluding carboxylic acids is 1. The van der Waals surface area contributed by atoms with Crippen molar-refractivity contribution in [2.24, 2.45) is 0 Å². The van der Waals surface area contributed by atoms with Crippen LogP contribution in [-0.4, -0.2) is 64.4 Å². The SMILES string of the molecule is COc1cc(/C=C/C(=O)NCCCN2CCOCC2)cc(Cl)c1OC. The van der Waals surface area contributed by atoms with Gasteiger partial charge in [0.25, 0.3) is 0 Å². The molecule has 1 amide bonds. The van der Waals surface area contributed by atoms with Gasteiger partial charge in [-0.25, -0.2) is 0 Å². The van der Waals surface area contributed by atoms with Gasteiger partial charge < -0.3 is 19.5 Å². The van der Waals surface area contributed by atoms with Crippen molar-refractivity contribution < 1.29 is 19.0 Å². The molecular formula is C18H25ClN2O4. The molecule has 1 fully saturated rings. The van der Waals surface area contributed by atoms with Crippen molar-refractivity contribution in [3.8, 4) is 11.5 Å². The molecule has 1 aliphatic rings. The predicted molar refractivity (Wildman–Crippen MR) is 98.5 cm³/mol. The average Bonchev–Trinajstić information content (AvgIpc) is 2.64. The minimum atomic E-state index is -0.132. The number of rotatable bonds is 8. The van der Waals surface area contributed by atoms with Crippen LogP contribution in [0.4, 0.5) is 0 Å². The first-order valence-electron chi connectivity index (χ1n) is 8.31. The van der Waals surface area contributed by atoms with Gasteiger partial charge in [0.2, 0.25) is 5.91 Å². The third kappa shape index (κ3) is 6.23. The quantitative estimate of drug-likeness (QED) is 0.563. The highest BCUT2D eigenvalue weighted by Crippen LogP contribution is 2.36. The monoisotopic (exact) mass is 368 g/mol. The van der Waals surface area contributed by atoms with Crippen LogP contribution in [0.1, 0.15) is 12.0 Å². The molecule has 1 aromatic carbocycles. The minimum Gasteiger partial charge on any atom is -0.493 e. The zero-order valence-electron chi connectivity index (χ0n) is 14.7. The van der Waals surface area contributed by atoms with E-state index < -0.39 is 0 Å². The molecule has 25 heavy (non-hydrogen) atoms.